The zero-order valence-corrected chi connectivity index (χ0v) is 20.4. The molecule has 0 N–H and O–H groups in total. The molecule has 1 unspecified atom stereocenters. The van der Waals surface area contributed by atoms with Gasteiger partial charge in [0.2, 0.25) is 0 Å². The maximum absolute atomic E-state index is 13.0. The van der Waals surface area contributed by atoms with Crippen LogP contribution < -0.4 is 0 Å². The second-order valence-corrected chi connectivity index (χ2v) is 10.8. The number of carbonyl (C=O) groups excluding carboxylic acids is 2. The summed E-state index contributed by atoms with van der Waals surface area (Å²) in [4.78, 5) is 32.1. The molecular formula is C29H38N2O2. The first kappa shape index (κ1) is 23.7. The standard InChI is InChI=1S/C29H38N2O2/c1-21(27(32)22-9-7-10-22)24-16-18-31(20-24)28(33)23-14-15-26(30-19-23)13-8-17-29(2,3)25-11-5-4-6-12-25/h4-6,11-12,14-15,19,21-22,24H,7-10,13,16-18,20H2,1-3H3/t21?,24-/m0/s1. The first-order valence-electron chi connectivity index (χ1n) is 12.7. The number of benzene rings is 1. The first-order valence-corrected chi connectivity index (χ1v) is 12.7. The van der Waals surface area contributed by atoms with Gasteiger partial charge in [-0.3, -0.25) is 14.6 Å². The van der Waals surface area contributed by atoms with E-state index >= 15 is 0 Å². The van der Waals surface area contributed by atoms with Gasteiger partial charge in [0.1, 0.15) is 5.78 Å². The second kappa shape index (κ2) is 10.2. The van der Waals surface area contributed by atoms with Gasteiger partial charge in [0.15, 0.2) is 0 Å². The van der Waals surface area contributed by atoms with Crippen LogP contribution in [0.2, 0.25) is 0 Å². The van der Waals surface area contributed by atoms with Crippen LogP contribution in [0, 0.1) is 17.8 Å². The van der Waals surface area contributed by atoms with Gasteiger partial charge in [-0.2, -0.15) is 0 Å². The molecule has 4 heteroatoms. The Balaban J connectivity index is 1.26. The fourth-order valence-corrected chi connectivity index (χ4v) is 5.30. The van der Waals surface area contributed by atoms with Crippen LogP contribution in [0.4, 0.5) is 0 Å². The number of carbonyl (C=O) groups is 2. The van der Waals surface area contributed by atoms with Gasteiger partial charge in [-0.25, -0.2) is 0 Å². The van der Waals surface area contributed by atoms with E-state index in [0.29, 0.717) is 23.8 Å². The van der Waals surface area contributed by atoms with Crippen LogP contribution in [0.5, 0.6) is 0 Å². The van der Waals surface area contributed by atoms with Gasteiger partial charge < -0.3 is 4.90 Å². The minimum Gasteiger partial charge on any atom is -0.338 e. The Bertz CT molecular complexity index is 947. The fourth-order valence-electron chi connectivity index (χ4n) is 5.30. The van der Waals surface area contributed by atoms with E-state index in [4.69, 9.17) is 0 Å². The van der Waals surface area contributed by atoms with Gasteiger partial charge in [0.25, 0.3) is 5.91 Å². The molecule has 2 aliphatic rings. The number of Topliss-reactive ketones (excluding diaryl/α,β-unsaturated/α-hetero) is 1. The zero-order chi connectivity index (χ0) is 23.4. The molecule has 2 fully saturated rings. The van der Waals surface area contributed by atoms with Crippen LogP contribution in [-0.4, -0.2) is 34.7 Å². The molecule has 1 saturated heterocycles. The van der Waals surface area contributed by atoms with Crippen LogP contribution >= 0.6 is 0 Å². The Morgan fingerprint density at radius 1 is 1.09 bits per heavy atom. The van der Waals surface area contributed by atoms with E-state index < -0.39 is 0 Å². The summed E-state index contributed by atoms with van der Waals surface area (Å²) in [6.07, 6.45) is 9.02. The molecule has 0 radical (unpaired) electrons. The van der Waals surface area contributed by atoms with Crippen molar-refractivity contribution in [2.75, 3.05) is 13.1 Å². The lowest BCUT2D eigenvalue weighted by molar-refractivity contribution is -0.130. The average molecular weight is 447 g/mol. The predicted molar refractivity (Wildman–Crippen MR) is 132 cm³/mol. The van der Waals surface area contributed by atoms with Crippen LogP contribution in [0.1, 0.15) is 80.9 Å². The van der Waals surface area contributed by atoms with Gasteiger partial charge in [-0.15, -0.1) is 0 Å². The first-order chi connectivity index (χ1) is 15.8. The van der Waals surface area contributed by atoms with Crippen molar-refractivity contribution in [3.8, 4) is 0 Å². The Labute approximate surface area is 198 Å². The summed E-state index contributed by atoms with van der Waals surface area (Å²) in [5.41, 5.74) is 3.20. The summed E-state index contributed by atoms with van der Waals surface area (Å²) in [6.45, 7) is 8.08. The van der Waals surface area contributed by atoms with Gasteiger partial charge in [0, 0.05) is 36.8 Å². The minimum atomic E-state index is 0.0463. The van der Waals surface area contributed by atoms with E-state index in [1.807, 2.05) is 17.0 Å². The van der Waals surface area contributed by atoms with Crippen molar-refractivity contribution >= 4 is 11.7 Å². The van der Waals surface area contributed by atoms with E-state index in [1.54, 1.807) is 6.20 Å². The molecule has 0 bridgehead atoms. The molecule has 1 aliphatic heterocycles. The number of hydrogen-bond acceptors (Lipinski definition) is 3. The summed E-state index contributed by atoms with van der Waals surface area (Å²) >= 11 is 0. The van der Waals surface area contributed by atoms with Crippen molar-refractivity contribution in [3.63, 3.8) is 0 Å². The highest BCUT2D eigenvalue weighted by Crippen LogP contribution is 2.34. The number of likely N-dealkylation sites (tertiary alicyclic amines) is 1. The monoisotopic (exact) mass is 446 g/mol. The van der Waals surface area contributed by atoms with Crippen molar-refractivity contribution in [1.82, 2.24) is 9.88 Å². The SMILES string of the molecule is CC(C(=O)C1CCC1)[C@H]1CCN(C(=O)c2ccc(CCCC(C)(C)c3ccccc3)nc2)C1. The van der Waals surface area contributed by atoms with Gasteiger partial charge in [-0.1, -0.05) is 57.5 Å². The summed E-state index contributed by atoms with van der Waals surface area (Å²) in [5, 5.41) is 0. The highest BCUT2D eigenvalue weighted by molar-refractivity contribution is 5.94. The van der Waals surface area contributed by atoms with Crippen molar-refractivity contribution in [1.29, 1.82) is 0 Å². The molecular weight excluding hydrogens is 408 g/mol. The lowest BCUT2D eigenvalue weighted by Gasteiger charge is -2.29. The largest absolute Gasteiger partial charge is 0.338 e. The molecule has 4 rings (SSSR count). The Hall–Kier alpha value is -2.49. The number of hydrogen-bond donors (Lipinski definition) is 0. The third kappa shape index (κ3) is 5.54. The third-order valence-electron chi connectivity index (χ3n) is 8.04. The molecule has 0 spiro atoms. The smallest absolute Gasteiger partial charge is 0.255 e. The molecule has 1 saturated carbocycles. The molecule has 2 aromatic rings. The lowest BCUT2D eigenvalue weighted by atomic mass is 9.75. The normalized spacial score (nSPS) is 19.8. The number of aromatic nitrogens is 1. The van der Waals surface area contributed by atoms with E-state index in [-0.39, 0.29) is 23.2 Å². The number of pyridine rings is 1. The Kier molecular flexibility index (Phi) is 7.31. The van der Waals surface area contributed by atoms with E-state index in [2.05, 4.69) is 56.1 Å². The van der Waals surface area contributed by atoms with Crippen molar-refractivity contribution < 1.29 is 9.59 Å². The predicted octanol–water partition coefficient (Wildman–Crippen LogP) is 5.85. The van der Waals surface area contributed by atoms with Crippen LogP contribution in [0.15, 0.2) is 48.7 Å². The Morgan fingerprint density at radius 2 is 1.85 bits per heavy atom. The molecule has 2 atom stereocenters. The molecule has 176 valence electrons. The average Bonchev–Trinajstić information content (AvgIpc) is 3.28. The Morgan fingerprint density at radius 3 is 2.48 bits per heavy atom. The fraction of sp³-hybridized carbons (Fsp3) is 0.552. The number of nitrogens with zero attached hydrogens (tertiary/aromatic N) is 2. The number of aryl methyl sites for hydroxylation is 1. The number of ketones is 1. The van der Waals surface area contributed by atoms with Crippen molar-refractivity contribution in [3.05, 3.63) is 65.5 Å². The van der Waals surface area contributed by atoms with E-state index in [0.717, 1.165) is 50.8 Å². The maximum atomic E-state index is 13.0. The maximum Gasteiger partial charge on any atom is 0.255 e. The second-order valence-electron chi connectivity index (χ2n) is 10.8. The zero-order valence-electron chi connectivity index (χ0n) is 20.4. The minimum absolute atomic E-state index is 0.0463. The highest BCUT2D eigenvalue weighted by Gasteiger charge is 2.37. The number of amides is 1. The summed E-state index contributed by atoms with van der Waals surface area (Å²) < 4.78 is 0. The van der Waals surface area contributed by atoms with Crippen molar-refractivity contribution in [2.45, 2.75) is 71.1 Å². The van der Waals surface area contributed by atoms with Crippen molar-refractivity contribution in [2.24, 2.45) is 17.8 Å². The van der Waals surface area contributed by atoms with Gasteiger partial charge in [-0.05, 0) is 67.6 Å². The van der Waals surface area contributed by atoms with Crippen LogP contribution in [0.3, 0.4) is 0 Å². The molecule has 1 aliphatic carbocycles. The molecule has 2 heterocycles. The van der Waals surface area contributed by atoms with Crippen LogP contribution in [0.25, 0.3) is 0 Å². The molecule has 1 aromatic carbocycles. The van der Waals surface area contributed by atoms with E-state index in [1.165, 1.54) is 12.0 Å². The topological polar surface area (TPSA) is 50.3 Å². The quantitative estimate of drug-likeness (QED) is 0.485. The highest BCUT2D eigenvalue weighted by atomic mass is 16.2. The summed E-state index contributed by atoms with van der Waals surface area (Å²) in [5.74, 6) is 1.10. The summed E-state index contributed by atoms with van der Waals surface area (Å²) in [7, 11) is 0. The molecule has 33 heavy (non-hydrogen) atoms. The summed E-state index contributed by atoms with van der Waals surface area (Å²) in [6, 6.07) is 14.6. The van der Waals surface area contributed by atoms with Gasteiger partial charge in [0.05, 0.1) is 5.56 Å². The van der Waals surface area contributed by atoms with Crippen LogP contribution in [-0.2, 0) is 16.6 Å². The number of rotatable bonds is 9. The molecule has 4 nitrogen and oxygen atoms in total. The third-order valence-corrected chi connectivity index (χ3v) is 8.04. The van der Waals surface area contributed by atoms with E-state index in [9.17, 15) is 9.59 Å². The molecule has 1 amide bonds. The molecule has 1 aromatic heterocycles. The van der Waals surface area contributed by atoms with Gasteiger partial charge >= 0.3 is 0 Å². The lowest BCUT2D eigenvalue weighted by Crippen LogP contribution is -2.34.